The second-order valence-electron chi connectivity index (χ2n) is 19.8. The minimum atomic E-state index is -0.649. The minimum absolute atomic E-state index is 0.637. The fourth-order valence-electron chi connectivity index (χ4n) is 14.0. The van der Waals surface area contributed by atoms with E-state index in [0.29, 0.717) is 0 Å². The maximum Gasteiger partial charge on any atom is 0.159 e. The predicted octanol–water partition coefficient (Wildman–Crippen LogP) is 16.5. The van der Waals surface area contributed by atoms with E-state index in [1.807, 2.05) is 23.7 Å². The molecule has 3 aliphatic carbocycles. The summed E-state index contributed by atoms with van der Waals surface area (Å²) in [5, 5.41) is 7.47. The van der Waals surface area contributed by atoms with Crippen LogP contribution in [0.3, 0.4) is 0 Å². The average molecular weight is 922 g/mol. The van der Waals surface area contributed by atoms with E-state index in [-0.39, 0.29) is 0 Å². The molecule has 0 N–H and O–H groups in total. The largest absolute Gasteiger partial charge is 0.453 e. The van der Waals surface area contributed by atoms with Crippen LogP contribution in [0.1, 0.15) is 55.6 Å². The number of thiophene rings is 1. The summed E-state index contributed by atoms with van der Waals surface area (Å²) < 4.78 is 10.3. The van der Waals surface area contributed by atoms with Gasteiger partial charge < -0.3 is 9.32 Å². The Morgan fingerprint density at radius 3 is 1.82 bits per heavy atom. The Hall–Kier alpha value is -8.64. The number of para-hydroxylation sites is 2. The number of rotatable bonds is 3. The molecule has 0 bridgehead atoms. The topological polar surface area (TPSA) is 42.2 Å². The Morgan fingerprint density at radius 2 is 1.04 bits per heavy atom. The van der Waals surface area contributed by atoms with E-state index < -0.39 is 10.8 Å². The van der Waals surface area contributed by atoms with Crippen molar-refractivity contribution in [2.45, 2.75) is 23.7 Å². The van der Waals surface area contributed by atoms with E-state index in [0.717, 1.165) is 68.8 Å². The molecule has 0 saturated heterocycles. The average Bonchev–Trinajstić information content (AvgIpc) is 4.22. The van der Waals surface area contributed by atoms with Crippen molar-refractivity contribution < 1.29 is 4.42 Å². The summed E-state index contributed by atoms with van der Waals surface area (Å²) >= 11 is 1.87. The Balaban J connectivity index is 1.00. The standard InChI is InChI=1S/C66H39N3OS/c1-3-14-40(15-4-1)65(41-16-5-2-6-17-41)47-20-8-9-23-53(47)69(55-37-57-46(36-52(55)65)42-18-7-10-25-56(42)71-57)54-24-11-19-43-44-31-33-49-60(64(44)70-63(43)54)45-30-28-38-26-27-39-29-32-48(59(45)58(38)39)66(49)50-21-12-34-67-61(50)62-51(66)22-13-35-68-62/h1-25,28-37H,26-27H2. The van der Waals surface area contributed by atoms with Gasteiger partial charge in [-0.05, 0) is 127 Å². The van der Waals surface area contributed by atoms with Crippen molar-refractivity contribution in [1.29, 1.82) is 0 Å². The van der Waals surface area contributed by atoms with Crippen LogP contribution in [0.4, 0.5) is 17.1 Å². The predicted molar refractivity (Wildman–Crippen MR) is 290 cm³/mol. The Bertz CT molecular complexity index is 4390. The zero-order valence-electron chi connectivity index (χ0n) is 38.3. The number of pyridine rings is 2. The molecule has 71 heavy (non-hydrogen) atoms. The number of furan rings is 1. The second-order valence-corrected chi connectivity index (χ2v) is 20.8. The van der Waals surface area contributed by atoms with Gasteiger partial charge in [0, 0.05) is 48.9 Å². The first-order valence-corrected chi connectivity index (χ1v) is 25.5. The van der Waals surface area contributed by atoms with E-state index >= 15 is 0 Å². The summed E-state index contributed by atoms with van der Waals surface area (Å²) in [6.07, 6.45) is 5.92. The van der Waals surface area contributed by atoms with Gasteiger partial charge in [-0.15, -0.1) is 11.3 Å². The first-order chi connectivity index (χ1) is 35.2. The van der Waals surface area contributed by atoms with Crippen LogP contribution in [0.5, 0.6) is 0 Å². The summed E-state index contributed by atoms with van der Waals surface area (Å²) in [5.41, 5.74) is 20.6. The molecule has 13 aromatic rings. The summed E-state index contributed by atoms with van der Waals surface area (Å²) in [6, 6.07) is 75.0. The Kier molecular flexibility index (Phi) is 7.31. The Labute approximate surface area is 412 Å². The monoisotopic (exact) mass is 921 g/mol. The third-order valence-corrected chi connectivity index (χ3v) is 17.8. The van der Waals surface area contributed by atoms with Gasteiger partial charge in [-0.1, -0.05) is 158 Å². The van der Waals surface area contributed by atoms with E-state index in [2.05, 4.69) is 205 Å². The molecule has 4 aromatic heterocycles. The van der Waals surface area contributed by atoms with Crippen LogP contribution in [0.15, 0.2) is 217 Å². The lowest BCUT2D eigenvalue weighted by atomic mass is 9.61. The highest BCUT2D eigenvalue weighted by Gasteiger charge is 2.53. The first kappa shape index (κ1) is 38.2. The lowest BCUT2D eigenvalue weighted by molar-refractivity contribution is 0.666. The van der Waals surface area contributed by atoms with Gasteiger partial charge >= 0.3 is 0 Å². The quantitative estimate of drug-likeness (QED) is 0.177. The molecule has 4 nitrogen and oxygen atoms in total. The van der Waals surface area contributed by atoms with Crippen molar-refractivity contribution in [3.8, 4) is 22.5 Å². The molecular formula is C66H39N3OS. The van der Waals surface area contributed by atoms with Crippen molar-refractivity contribution >= 4 is 81.3 Å². The van der Waals surface area contributed by atoms with Crippen LogP contribution in [0.25, 0.3) is 75.4 Å². The highest BCUT2D eigenvalue weighted by Crippen LogP contribution is 2.64. The fraction of sp³-hybridized carbons (Fsp3) is 0.0606. The molecule has 330 valence electrons. The highest BCUT2D eigenvalue weighted by atomic mass is 32.1. The normalized spacial score (nSPS) is 15.1. The Morgan fingerprint density at radius 1 is 0.408 bits per heavy atom. The van der Waals surface area contributed by atoms with Crippen LogP contribution >= 0.6 is 11.3 Å². The molecule has 5 heterocycles. The number of fused-ring (bicyclic) bond motifs is 18. The molecule has 0 saturated carbocycles. The molecular weight excluding hydrogens is 883 g/mol. The van der Waals surface area contributed by atoms with Crippen molar-refractivity contribution in [1.82, 2.24) is 9.97 Å². The minimum Gasteiger partial charge on any atom is -0.453 e. The van der Waals surface area contributed by atoms with Crippen LogP contribution in [0, 0.1) is 0 Å². The molecule has 5 heteroatoms. The van der Waals surface area contributed by atoms with E-state index in [1.165, 1.54) is 92.1 Å². The van der Waals surface area contributed by atoms with Gasteiger partial charge in [0.05, 0.1) is 39.3 Å². The number of benzene rings is 9. The van der Waals surface area contributed by atoms with Crippen LogP contribution in [-0.2, 0) is 23.7 Å². The molecule has 0 radical (unpaired) electrons. The van der Waals surface area contributed by atoms with E-state index in [1.54, 1.807) is 0 Å². The van der Waals surface area contributed by atoms with Crippen molar-refractivity contribution in [3.63, 3.8) is 0 Å². The highest BCUT2D eigenvalue weighted by molar-refractivity contribution is 7.25. The molecule has 0 unspecified atom stereocenters. The first-order valence-electron chi connectivity index (χ1n) is 24.7. The van der Waals surface area contributed by atoms with Gasteiger partial charge in [0.2, 0.25) is 0 Å². The summed E-state index contributed by atoms with van der Waals surface area (Å²) in [5.74, 6) is 0. The third-order valence-electron chi connectivity index (χ3n) is 16.7. The zero-order valence-corrected chi connectivity index (χ0v) is 39.1. The van der Waals surface area contributed by atoms with Crippen molar-refractivity contribution in [2.75, 3.05) is 4.90 Å². The summed E-state index contributed by atoms with van der Waals surface area (Å²) in [6.45, 7) is 0. The van der Waals surface area contributed by atoms with Crippen molar-refractivity contribution in [2.24, 2.45) is 0 Å². The maximum atomic E-state index is 7.75. The van der Waals surface area contributed by atoms with E-state index in [9.17, 15) is 0 Å². The lowest BCUT2D eigenvalue weighted by Crippen LogP contribution is -2.37. The maximum absolute atomic E-state index is 7.75. The van der Waals surface area contributed by atoms with Crippen LogP contribution in [-0.4, -0.2) is 9.97 Å². The molecule has 4 aliphatic rings. The van der Waals surface area contributed by atoms with Gasteiger partial charge in [0.1, 0.15) is 5.58 Å². The van der Waals surface area contributed by atoms with Crippen molar-refractivity contribution in [3.05, 3.63) is 268 Å². The van der Waals surface area contributed by atoms with Gasteiger partial charge in [-0.2, -0.15) is 0 Å². The van der Waals surface area contributed by atoms with Crippen LogP contribution in [0.2, 0.25) is 0 Å². The number of hydrogen-bond acceptors (Lipinski definition) is 5. The van der Waals surface area contributed by atoms with E-state index in [4.69, 9.17) is 14.4 Å². The summed E-state index contributed by atoms with van der Waals surface area (Å²) in [4.78, 5) is 12.7. The zero-order chi connectivity index (χ0) is 46.2. The third kappa shape index (κ3) is 4.58. The molecule has 9 aromatic carbocycles. The molecule has 17 rings (SSSR count). The second kappa shape index (κ2) is 13.6. The molecule has 1 spiro atoms. The summed E-state index contributed by atoms with van der Waals surface area (Å²) in [7, 11) is 0. The SMILES string of the molecule is c1ccc(C2(c3ccccc3)c3ccccc3N(c3cccc4c3oc3c5c(ccc34)C3(c4cccnc4-c4ncccc43)c3ccc4c6c(ccc-5c36)CC4)c3cc4sc5ccccc5c4cc32)cc1. The number of anilines is 3. The molecule has 1 aliphatic heterocycles. The molecule has 0 atom stereocenters. The molecule has 0 fully saturated rings. The number of aromatic nitrogens is 2. The number of nitrogens with zero attached hydrogens (tertiary/aromatic N) is 3. The smallest absolute Gasteiger partial charge is 0.159 e. The number of aryl methyl sites for hydroxylation is 2. The van der Waals surface area contributed by atoms with Gasteiger partial charge in [0.15, 0.2) is 5.58 Å². The van der Waals surface area contributed by atoms with Gasteiger partial charge in [0.25, 0.3) is 0 Å². The fourth-order valence-corrected chi connectivity index (χ4v) is 15.2. The van der Waals surface area contributed by atoms with Gasteiger partial charge in [-0.3, -0.25) is 9.97 Å². The molecule has 0 amide bonds. The lowest BCUT2D eigenvalue weighted by Gasteiger charge is -2.46. The number of hydrogen-bond donors (Lipinski definition) is 0. The van der Waals surface area contributed by atoms with Crippen LogP contribution < -0.4 is 4.90 Å². The van der Waals surface area contributed by atoms with Gasteiger partial charge in [-0.25, -0.2) is 0 Å².